The lowest BCUT2D eigenvalue weighted by atomic mass is 9.95. The van der Waals surface area contributed by atoms with Crippen LogP contribution in [0.2, 0.25) is 0 Å². The van der Waals surface area contributed by atoms with E-state index < -0.39 is 0 Å². The third kappa shape index (κ3) is 2.62. The Balaban J connectivity index is 1.91. The van der Waals surface area contributed by atoms with E-state index in [1.807, 2.05) is 4.68 Å². The molecule has 84 valence electrons. The van der Waals surface area contributed by atoms with Crippen molar-refractivity contribution in [1.29, 1.82) is 0 Å². The molecule has 1 aliphatic rings. The zero-order valence-electron chi connectivity index (χ0n) is 8.99. The standard InChI is InChI=1S/C10H17ClN4/c1-2-15-10(7-12-14-15)13-9-5-3-8(11)4-6-9/h7-9,13H,2-6H2,1H3. The highest BCUT2D eigenvalue weighted by molar-refractivity contribution is 6.20. The highest BCUT2D eigenvalue weighted by Gasteiger charge is 2.20. The maximum Gasteiger partial charge on any atom is 0.145 e. The van der Waals surface area contributed by atoms with Crippen LogP contribution in [0.1, 0.15) is 32.6 Å². The number of nitrogens with one attached hydrogen (secondary N) is 1. The van der Waals surface area contributed by atoms with Gasteiger partial charge in [-0.3, -0.25) is 0 Å². The summed E-state index contributed by atoms with van der Waals surface area (Å²) in [6.07, 6.45) is 6.28. The largest absolute Gasteiger partial charge is 0.366 e. The van der Waals surface area contributed by atoms with Gasteiger partial charge in [0.2, 0.25) is 0 Å². The van der Waals surface area contributed by atoms with Crippen LogP contribution in [0.25, 0.3) is 0 Å². The van der Waals surface area contributed by atoms with Crippen molar-refractivity contribution in [3.05, 3.63) is 6.20 Å². The molecule has 0 bridgehead atoms. The second-order valence-corrected chi connectivity index (χ2v) is 4.65. The molecule has 1 heterocycles. The lowest BCUT2D eigenvalue weighted by molar-refractivity contribution is 0.464. The van der Waals surface area contributed by atoms with Crippen molar-refractivity contribution < 1.29 is 0 Å². The normalized spacial score (nSPS) is 26.5. The van der Waals surface area contributed by atoms with Crippen LogP contribution < -0.4 is 5.32 Å². The van der Waals surface area contributed by atoms with Crippen molar-refractivity contribution in [2.75, 3.05) is 5.32 Å². The molecular formula is C10H17ClN4. The highest BCUT2D eigenvalue weighted by Crippen LogP contribution is 2.25. The number of hydrogen-bond donors (Lipinski definition) is 1. The molecule has 4 nitrogen and oxygen atoms in total. The van der Waals surface area contributed by atoms with Gasteiger partial charge in [0.25, 0.3) is 0 Å². The van der Waals surface area contributed by atoms with E-state index in [-0.39, 0.29) is 0 Å². The Kier molecular flexibility index (Phi) is 3.46. The Hall–Kier alpha value is -0.770. The van der Waals surface area contributed by atoms with Crippen molar-refractivity contribution in [2.24, 2.45) is 0 Å². The van der Waals surface area contributed by atoms with E-state index in [0.29, 0.717) is 11.4 Å². The lowest BCUT2D eigenvalue weighted by Crippen LogP contribution is -2.27. The number of rotatable bonds is 3. The van der Waals surface area contributed by atoms with E-state index in [1.165, 1.54) is 0 Å². The molecule has 1 aliphatic carbocycles. The predicted octanol–water partition coefficient (Wildman–Crippen LogP) is 2.26. The van der Waals surface area contributed by atoms with Gasteiger partial charge in [0.1, 0.15) is 5.82 Å². The Morgan fingerprint density at radius 3 is 2.87 bits per heavy atom. The number of alkyl halides is 1. The monoisotopic (exact) mass is 228 g/mol. The fraction of sp³-hybridized carbons (Fsp3) is 0.800. The second-order valence-electron chi connectivity index (χ2n) is 4.03. The zero-order chi connectivity index (χ0) is 10.7. The molecule has 0 unspecified atom stereocenters. The molecule has 1 saturated carbocycles. The van der Waals surface area contributed by atoms with Crippen LogP contribution in [0.4, 0.5) is 5.82 Å². The molecule has 0 spiro atoms. The van der Waals surface area contributed by atoms with E-state index in [9.17, 15) is 0 Å². The first-order chi connectivity index (χ1) is 7.29. The van der Waals surface area contributed by atoms with Crippen LogP contribution in [0.3, 0.4) is 0 Å². The second kappa shape index (κ2) is 4.84. The predicted molar refractivity (Wildman–Crippen MR) is 61.2 cm³/mol. The number of halogens is 1. The topological polar surface area (TPSA) is 42.7 Å². The minimum absolute atomic E-state index is 0.372. The van der Waals surface area contributed by atoms with Gasteiger partial charge < -0.3 is 5.32 Å². The summed E-state index contributed by atoms with van der Waals surface area (Å²) >= 11 is 6.06. The van der Waals surface area contributed by atoms with Crippen molar-refractivity contribution in [3.8, 4) is 0 Å². The molecule has 0 aliphatic heterocycles. The van der Waals surface area contributed by atoms with Crippen molar-refractivity contribution in [3.63, 3.8) is 0 Å². The smallest absolute Gasteiger partial charge is 0.145 e. The summed E-state index contributed by atoms with van der Waals surface area (Å²) in [6, 6.07) is 0.531. The van der Waals surface area contributed by atoms with Crippen molar-refractivity contribution in [2.45, 2.75) is 50.6 Å². The van der Waals surface area contributed by atoms with Gasteiger partial charge in [0.05, 0.1) is 6.20 Å². The van der Waals surface area contributed by atoms with Crippen LogP contribution in [0.5, 0.6) is 0 Å². The molecule has 1 aromatic rings. The van der Waals surface area contributed by atoms with Crippen molar-refractivity contribution >= 4 is 17.4 Å². The van der Waals surface area contributed by atoms with Gasteiger partial charge in [-0.1, -0.05) is 5.21 Å². The average molecular weight is 229 g/mol. The third-order valence-electron chi connectivity index (χ3n) is 2.93. The van der Waals surface area contributed by atoms with Gasteiger partial charge in [-0.2, -0.15) is 0 Å². The highest BCUT2D eigenvalue weighted by atomic mass is 35.5. The summed E-state index contributed by atoms with van der Waals surface area (Å²) in [5.74, 6) is 1.02. The lowest BCUT2D eigenvalue weighted by Gasteiger charge is -2.26. The average Bonchev–Trinajstić information content (AvgIpc) is 2.69. The zero-order valence-corrected chi connectivity index (χ0v) is 9.74. The van der Waals surface area contributed by atoms with Crippen LogP contribution in [0.15, 0.2) is 6.20 Å². The number of anilines is 1. The van der Waals surface area contributed by atoms with E-state index in [4.69, 9.17) is 11.6 Å². The quantitative estimate of drug-likeness (QED) is 0.808. The molecule has 1 fully saturated rings. The van der Waals surface area contributed by atoms with E-state index in [2.05, 4.69) is 22.6 Å². The van der Waals surface area contributed by atoms with Gasteiger partial charge in [-0.25, -0.2) is 4.68 Å². The molecule has 0 amide bonds. The molecule has 0 aromatic carbocycles. The van der Waals surface area contributed by atoms with E-state index >= 15 is 0 Å². The molecule has 15 heavy (non-hydrogen) atoms. The van der Waals surface area contributed by atoms with Gasteiger partial charge in [-0.05, 0) is 32.6 Å². The minimum Gasteiger partial charge on any atom is -0.366 e. The number of hydrogen-bond acceptors (Lipinski definition) is 3. The first kappa shape index (κ1) is 10.7. The fourth-order valence-electron chi connectivity index (χ4n) is 2.01. The van der Waals surface area contributed by atoms with E-state index in [0.717, 1.165) is 38.0 Å². The van der Waals surface area contributed by atoms with Crippen LogP contribution in [0, 0.1) is 0 Å². The SMILES string of the molecule is CCn1nncc1NC1CCC(Cl)CC1. The molecule has 5 heteroatoms. The van der Waals surface area contributed by atoms with Crippen LogP contribution in [-0.2, 0) is 6.54 Å². The Bertz CT molecular complexity index is 304. The molecule has 1 N–H and O–H groups in total. The Labute approximate surface area is 95.0 Å². The molecule has 2 rings (SSSR count). The maximum atomic E-state index is 6.06. The summed E-state index contributed by atoms with van der Waals surface area (Å²) < 4.78 is 1.88. The van der Waals surface area contributed by atoms with E-state index in [1.54, 1.807) is 6.20 Å². The molecular weight excluding hydrogens is 212 g/mol. The molecule has 0 radical (unpaired) electrons. The van der Waals surface area contributed by atoms with Crippen LogP contribution >= 0.6 is 11.6 Å². The summed E-state index contributed by atoms with van der Waals surface area (Å²) in [4.78, 5) is 0. The molecule has 0 atom stereocenters. The molecule has 0 saturated heterocycles. The Morgan fingerprint density at radius 2 is 2.20 bits per heavy atom. The first-order valence-electron chi connectivity index (χ1n) is 5.58. The van der Waals surface area contributed by atoms with Crippen LogP contribution in [-0.4, -0.2) is 26.4 Å². The summed E-state index contributed by atoms with van der Waals surface area (Å²) in [5.41, 5.74) is 0. The summed E-state index contributed by atoms with van der Waals surface area (Å²) in [7, 11) is 0. The number of aromatic nitrogens is 3. The van der Waals surface area contributed by atoms with Gasteiger partial charge >= 0.3 is 0 Å². The molecule has 1 aromatic heterocycles. The minimum atomic E-state index is 0.372. The van der Waals surface area contributed by atoms with Gasteiger partial charge in [0.15, 0.2) is 0 Å². The third-order valence-corrected chi connectivity index (χ3v) is 3.36. The Morgan fingerprint density at radius 1 is 1.47 bits per heavy atom. The first-order valence-corrected chi connectivity index (χ1v) is 6.02. The summed E-state index contributed by atoms with van der Waals surface area (Å²) in [6.45, 7) is 2.92. The maximum absolute atomic E-state index is 6.06. The number of nitrogens with zero attached hydrogens (tertiary/aromatic N) is 3. The van der Waals surface area contributed by atoms with Gasteiger partial charge in [0, 0.05) is 18.0 Å². The van der Waals surface area contributed by atoms with Crippen molar-refractivity contribution in [1.82, 2.24) is 15.0 Å². The number of aryl methyl sites for hydroxylation is 1. The fourth-order valence-corrected chi connectivity index (χ4v) is 2.26. The summed E-state index contributed by atoms with van der Waals surface area (Å²) in [5, 5.41) is 11.7. The van der Waals surface area contributed by atoms with Gasteiger partial charge in [-0.15, -0.1) is 16.7 Å².